The van der Waals surface area contributed by atoms with Gasteiger partial charge in [0.2, 0.25) is 0 Å². The molecule has 0 aliphatic heterocycles. The van der Waals surface area contributed by atoms with Crippen LogP contribution < -0.4 is 5.56 Å². The van der Waals surface area contributed by atoms with Crippen LogP contribution in [0, 0.1) is 12.3 Å². The molecule has 0 saturated heterocycles. The van der Waals surface area contributed by atoms with Crippen molar-refractivity contribution in [2.45, 2.75) is 6.92 Å². The maximum absolute atomic E-state index is 12.6. The van der Waals surface area contributed by atoms with Crippen molar-refractivity contribution in [1.82, 2.24) is 14.8 Å². The van der Waals surface area contributed by atoms with Crippen LogP contribution in [0.1, 0.15) is 17.0 Å². The smallest absolute Gasteiger partial charge is 0.280 e. The Hall–Kier alpha value is -2.95. The molecule has 3 rings (SSSR count). The molecule has 5 nitrogen and oxygen atoms in total. The number of aromatic amines is 1. The van der Waals surface area contributed by atoms with Gasteiger partial charge in [0.05, 0.1) is 22.7 Å². The van der Waals surface area contributed by atoms with Crippen LogP contribution in [0.4, 0.5) is 0 Å². The molecule has 0 bridgehead atoms. The first kappa shape index (κ1) is 13.1. The fourth-order valence-corrected chi connectivity index (χ4v) is 2.24. The average molecular weight is 278 g/mol. The molecule has 2 heterocycles. The van der Waals surface area contributed by atoms with Crippen LogP contribution in [0.2, 0.25) is 0 Å². The van der Waals surface area contributed by atoms with Crippen LogP contribution in [0.15, 0.2) is 59.5 Å². The summed E-state index contributed by atoms with van der Waals surface area (Å²) in [4.78, 5) is 16.7. The van der Waals surface area contributed by atoms with E-state index >= 15 is 0 Å². The Kier molecular flexibility index (Phi) is 3.23. The minimum absolute atomic E-state index is 0.129. The van der Waals surface area contributed by atoms with Crippen molar-refractivity contribution in [3.05, 3.63) is 82.0 Å². The lowest BCUT2D eigenvalue weighted by Gasteiger charge is -2.00. The third-order valence-electron chi connectivity index (χ3n) is 3.26. The highest BCUT2D eigenvalue weighted by Gasteiger charge is 2.18. The Balaban J connectivity index is 2.12. The Labute approximate surface area is 121 Å². The molecule has 0 atom stereocenters. The van der Waals surface area contributed by atoms with Gasteiger partial charge in [-0.2, -0.15) is 0 Å². The number of pyridine rings is 1. The van der Waals surface area contributed by atoms with Crippen LogP contribution in [0.25, 0.3) is 5.69 Å². The summed E-state index contributed by atoms with van der Waals surface area (Å²) in [6.45, 7) is 1.79. The van der Waals surface area contributed by atoms with Crippen molar-refractivity contribution < 1.29 is 0 Å². The number of para-hydroxylation sites is 1. The second-order valence-corrected chi connectivity index (χ2v) is 4.68. The first-order valence-corrected chi connectivity index (χ1v) is 6.56. The van der Waals surface area contributed by atoms with Gasteiger partial charge < -0.3 is 0 Å². The van der Waals surface area contributed by atoms with Crippen LogP contribution >= 0.6 is 0 Å². The maximum Gasteiger partial charge on any atom is 0.280 e. The molecule has 104 valence electrons. The van der Waals surface area contributed by atoms with Crippen LogP contribution in [0.3, 0.4) is 0 Å². The molecule has 2 aromatic heterocycles. The van der Waals surface area contributed by atoms with Gasteiger partial charge in [-0.25, -0.2) is 4.68 Å². The molecular weight excluding hydrogens is 264 g/mol. The molecule has 0 saturated carbocycles. The number of benzene rings is 1. The fourth-order valence-electron chi connectivity index (χ4n) is 2.24. The van der Waals surface area contributed by atoms with Gasteiger partial charge in [-0.3, -0.25) is 20.3 Å². The van der Waals surface area contributed by atoms with E-state index in [0.717, 1.165) is 5.69 Å². The lowest BCUT2D eigenvalue weighted by Crippen LogP contribution is -2.21. The molecule has 0 fully saturated rings. The summed E-state index contributed by atoms with van der Waals surface area (Å²) in [7, 11) is 0. The molecule has 2 N–H and O–H groups in total. The zero-order valence-corrected chi connectivity index (χ0v) is 11.5. The summed E-state index contributed by atoms with van der Waals surface area (Å²) in [5.41, 5.74) is 2.11. The van der Waals surface area contributed by atoms with Gasteiger partial charge in [0.15, 0.2) is 0 Å². The summed E-state index contributed by atoms with van der Waals surface area (Å²) in [5, 5.41) is 11.2. The molecule has 0 amide bonds. The normalized spacial score (nSPS) is 10.5. The van der Waals surface area contributed by atoms with Gasteiger partial charge in [0.25, 0.3) is 5.56 Å². The first-order valence-electron chi connectivity index (χ1n) is 6.56. The Morgan fingerprint density at radius 1 is 1.14 bits per heavy atom. The average Bonchev–Trinajstić information content (AvgIpc) is 2.83. The van der Waals surface area contributed by atoms with Crippen LogP contribution in [-0.2, 0) is 0 Å². The van der Waals surface area contributed by atoms with E-state index in [-0.39, 0.29) is 11.3 Å². The second kappa shape index (κ2) is 5.20. The summed E-state index contributed by atoms with van der Waals surface area (Å²) in [6.07, 6.45) is 1.61. The number of nitrogens with one attached hydrogen (secondary N) is 2. The highest BCUT2D eigenvalue weighted by atomic mass is 16.1. The predicted octanol–water partition coefficient (Wildman–Crippen LogP) is 2.29. The van der Waals surface area contributed by atoms with Gasteiger partial charge in [0, 0.05) is 11.9 Å². The third-order valence-corrected chi connectivity index (χ3v) is 3.26. The predicted molar refractivity (Wildman–Crippen MR) is 81.3 cm³/mol. The van der Waals surface area contributed by atoms with E-state index in [1.54, 1.807) is 31.3 Å². The number of aromatic nitrogens is 3. The molecule has 0 spiro atoms. The topological polar surface area (TPSA) is 74.5 Å². The number of hydrogen-bond donors (Lipinski definition) is 2. The summed E-state index contributed by atoms with van der Waals surface area (Å²) >= 11 is 0. The van der Waals surface area contributed by atoms with E-state index in [0.29, 0.717) is 17.0 Å². The van der Waals surface area contributed by atoms with Crippen molar-refractivity contribution in [3.8, 4) is 5.69 Å². The Morgan fingerprint density at radius 3 is 2.52 bits per heavy atom. The zero-order chi connectivity index (χ0) is 14.8. The standard InChI is InChI=1S/C16H14N4O/c1-11-14(15(17)13-9-5-6-10-18-13)16(21)20(19-11)12-7-3-2-4-8-12/h2-10,17,19H,1H3. The Morgan fingerprint density at radius 2 is 1.86 bits per heavy atom. The summed E-state index contributed by atoms with van der Waals surface area (Å²) in [6, 6.07) is 14.6. The quantitative estimate of drug-likeness (QED) is 0.721. The minimum Gasteiger partial charge on any atom is -0.298 e. The largest absolute Gasteiger partial charge is 0.298 e. The summed E-state index contributed by atoms with van der Waals surface area (Å²) in [5.74, 6) is 0. The van der Waals surface area contributed by atoms with Crippen molar-refractivity contribution in [3.63, 3.8) is 0 Å². The van der Waals surface area contributed by atoms with Crippen molar-refractivity contribution in [2.24, 2.45) is 0 Å². The van der Waals surface area contributed by atoms with E-state index in [9.17, 15) is 4.79 Å². The lowest BCUT2D eigenvalue weighted by atomic mass is 10.1. The lowest BCUT2D eigenvalue weighted by molar-refractivity contribution is 0.835. The van der Waals surface area contributed by atoms with Crippen molar-refractivity contribution >= 4 is 5.71 Å². The number of rotatable bonds is 3. The van der Waals surface area contributed by atoms with Crippen LogP contribution in [0.5, 0.6) is 0 Å². The highest BCUT2D eigenvalue weighted by Crippen LogP contribution is 2.10. The van der Waals surface area contributed by atoms with E-state index in [1.165, 1.54) is 4.68 Å². The fraction of sp³-hybridized carbons (Fsp3) is 0.0625. The van der Waals surface area contributed by atoms with Gasteiger partial charge in [0.1, 0.15) is 0 Å². The van der Waals surface area contributed by atoms with E-state index in [2.05, 4.69) is 10.1 Å². The summed E-state index contributed by atoms with van der Waals surface area (Å²) < 4.78 is 1.45. The molecule has 0 aliphatic rings. The molecule has 3 aromatic rings. The number of aryl methyl sites for hydroxylation is 1. The number of nitrogens with zero attached hydrogens (tertiary/aromatic N) is 2. The van der Waals surface area contributed by atoms with Crippen molar-refractivity contribution in [2.75, 3.05) is 0 Å². The van der Waals surface area contributed by atoms with Crippen molar-refractivity contribution in [1.29, 1.82) is 5.41 Å². The van der Waals surface area contributed by atoms with Gasteiger partial charge in [-0.05, 0) is 31.2 Å². The molecule has 21 heavy (non-hydrogen) atoms. The van der Waals surface area contributed by atoms with E-state index in [1.807, 2.05) is 30.3 Å². The minimum atomic E-state index is -0.241. The molecule has 1 aromatic carbocycles. The molecule has 0 unspecified atom stereocenters. The zero-order valence-electron chi connectivity index (χ0n) is 11.5. The molecule has 5 heteroatoms. The monoisotopic (exact) mass is 278 g/mol. The van der Waals surface area contributed by atoms with Gasteiger partial charge >= 0.3 is 0 Å². The van der Waals surface area contributed by atoms with Gasteiger partial charge in [-0.15, -0.1) is 0 Å². The molecule has 0 radical (unpaired) electrons. The molecule has 0 aliphatic carbocycles. The first-order chi connectivity index (χ1) is 10.2. The SMILES string of the molecule is Cc1[nH]n(-c2ccccc2)c(=O)c1C(=N)c1ccccn1. The van der Waals surface area contributed by atoms with Crippen LogP contribution in [-0.4, -0.2) is 20.5 Å². The molecular formula is C16H14N4O. The number of H-pyrrole nitrogens is 1. The van der Waals surface area contributed by atoms with E-state index in [4.69, 9.17) is 5.41 Å². The Bertz CT molecular complexity index is 832. The van der Waals surface area contributed by atoms with Gasteiger partial charge in [-0.1, -0.05) is 24.3 Å². The maximum atomic E-state index is 12.6. The third kappa shape index (κ3) is 2.29. The second-order valence-electron chi connectivity index (χ2n) is 4.68. The van der Waals surface area contributed by atoms with E-state index < -0.39 is 0 Å². The highest BCUT2D eigenvalue weighted by molar-refractivity contribution is 6.10. The number of hydrogen-bond acceptors (Lipinski definition) is 3.